The minimum absolute atomic E-state index is 0.0479. The van der Waals surface area contributed by atoms with Crippen LogP contribution in [-0.2, 0) is 4.79 Å². The minimum atomic E-state index is -0.576. The van der Waals surface area contributed by atoms with E-state index in [1.807, 2.05) is 6.07 Å². The van der Waals surface area contributed by atoms with Crippen LogP contribution in [0.3, 0.4) is 0 Å². The quantitative estimate of drug-likeness (QED) is 0.114. The molecule has 6 nitrogen and oxygen atoms in total. The van der Waals surface area contributed by atoms with Crippen LogP contribution in [0.4, 0.5) is 5.69 Å². The van der Waals surface area contributed by atoms with Crippen LogP contribution in [0.5, 0.6) is 5.75 Å². The molecule has 0 spiro atoms. The van der Waals surface area contributed by atoms with Crippen molar-refractivity contribution in [3.05, 3.63) is 129 Å². The van der Waals surface area contributed by atoms with Crippen LogP contribution in [0.2, 0.25) is 10.0 Å². The molecule has 0 aliphatic carbocycles. The van der Waals surface area contributed by atoms with Crippen LogP contribution in [-0.4, -0.2) is 30.5 Å². The summed E-state index contributed by atoms with van der Waals surface area (Å²) in [5.41, 5.74) is 1.70. The maximum Gasteiger partial charge on any atom is 0.272 e. The van der Waals surface area contributed by atoms with Crippen LogP contribution in [0.25, 0.3) is 6.08 Å². The van der Waals surface area contributed by atoms with E-state index in [0.717, 1.165) is 4.90 Å². The van der Waals surface area contributed by atoms with Gasteiger partial charge in [0.05, 0.1) is 18.4 Å². The maximum atomic E-state index is 13.4. The Hall–Kier alpha value is -4.04. The molecule has 0 saturated heterocycles. The molecule has 0 heterocycles. The van der Waals surface area contributed by atoms with Crippen molar-refractivity contribution >= 4 is 64.3 Å². The van der Waals surface area contributed by atoms with Crippen molar-refractivity contribution in [1.82, 2.24) is 5.32 Å². The molecule has 4 rings (SSSR count). The van der Waals surface area contributed by atoms with Gasteiger partial charge in [-0.3, -0.25) is 14.4 Å². The van der Waals surface area contributed by atoms with Gasteiger partial charge in [-0.25, -0.2) is 0 Å². The Kier molecular flexibility index (Phi) is 10.0. The summed E-state index contributed by atoms with van der Waals surface area (Å²) in [6, 6.07) is 27.6. The van der Waals surface area contributed by atoms with Gasteiger partial charge in [-0.15, -0.1) is 11.8 Å². The molecule has 0 bridgehead atoms. The van der Waals surface area contributed by atoms with E-state index in [9.17, 15) is 14.4 Å². The second-order valence-corrected chi connectivity index (χ2v) is 10.3. The molecular formula is C31H24Cl2N2O4S. The van der Waals surface area contributed by atoms with Gasteiger partial charge < -0.3 is 15.4 Å². The van der Waals surface area contributed by atoms with Gasteiger partial charge >= 0.3 is 0 Å². The predicted molar refractivity (Wildman–Crippen MR) is 161 cm³/mol. The highest BCUT2D eigenvalue weighted by Crippen LogP contribution is 2.28. The van der Waals surface area contributed by atoms with Crippen molar-refractivity contribution < 1.29 is 19.1 Å². The number of nitrogens with one attached hydrogen (secondary N) is 2. The topological polar surface area (TPSA) is 84.5 Å². The van der Waals surface area contributed by atoms with Gasteiger partial charge in [0.25, 0.3) is 11.8 Å². The summed E-state index contributed by atoms with van der Waals surface area (Å²) >= 11 is 14.0. The van der Waals surface area contributed by atoms with Gasteiger partial charge in [-0.2, -0.15) is 0 Å². The summed E-state index contributed by atoms with van der Waals surface area (Å²) in [5.74, 6) is -0.426. The zero-order chi connectivity index (χ0) is 28.5. The normalized spacial score (nSPS) is 11.0. The lowest BCUT2D eigenvalue weighted by molar-refractivity contribution is -0.113. The van der Waals surface area contributed by atoms with Gasteiger partial charge in [-0.1, -0.05) is 65.7 Å². The predicted octanol–water partition coefficient (Wildman–Crippen LogP) is 7.39. The smallest absolute Gasteiger partial charge is 0.272 e. The van der Waals surface area contributed by atoms with E-state index in [1.165, 1.54) is 24.9 Å². The third-order valence-electron chi connectivity index (χ3n) is 5.69. The molecule has 0 aliphatic rings. The Bertz CT molecular complexity index is 1550. The number of halogens is 2. The number of para-hydroxylation sites is 1. The number of methoxy groups -OCH3 is 1. The molecule has 4 aromatic carbocycles. The first-order valence-electron chi connectivity index (χ1n) is 12.1. The number of hydrogen-bond donors (Lipinski definition) is 2. The number of amides is 2. The molecule has 0 radical (unpaired) electrons. The lowest BCUT2D eigenvalue weighted by atomic mass is 10.1. The molecule has 0 atom stereocenters. The minimum Gasteiger partial charge on any atom is -0.496 e. The molecule has 2 N–H and O–H groups in total. The van der Waals surface area contributed by atoms with E-state index in [-0.39, 0.29) is 17.2 Å². The molecule has 4 aromatic rings. The molecule has 0 unspecified atom stereocenters. The van der Waals surface area contributed by atoms with Gasteiger partial charge in [-0.05, 0) is 60.7 Å². The molecular weight excluding hydrogens is 567 g/mol. The Balaban J connectivity index is 1.53. The SMILES string of the molecule is COc1ccccc1C(=O)CSc1cccc(NC(=O)/C(=C/c2c(Cl)cccc2Cl)NC(=O)c2ccccc2)c1. The molecule has 202 valence electrons. The maximum absolute atomic E-state index is 13.4. The van der Waals surface area contributed by atoms with Crippen molar-refractivity contribution in [3.63, 3.8) is 0 Å². The molecule has 40 heavy (non-hydrogen) atoms. The molecule has 9 heteroatoms. The fraction of sp³-hybridized carbons (Fsp3) is 0.0645. The summed E-state index contributed by atoms with van der Waals surface area (Å²) in [7, 11) is 1.52. The Morgan fingerprint density at radius 1 is 0.850 bits per heavy atom. The number of rotatable bonds is 10. The van der Waals surface area contributed by atoms with E-state index in [4.69, 9.17) is 27.9 Å². The summed E-state index contributed by atoms with van der Waals surface area (Å²) < 4.78 is 5.29. The average Bonchev–Trinajstić information content (AvgIpc) is 2.97. The number of benzene rings is 4. The number of Topliss-reactive ketones (excluding diaryl/α,β-unsaturated/α-hetero) is 1. The molecule has 0 saturated carbocycles. The van der Waals surface area contributed by atoms with Crippen molar-refractivity contribution in [2.24, 2.45) is 0 Å². The van der Waals surface area contributed by atoms with Crippen LogP contribution in [0.15, 0.2) is 108 Å². The lowest BCUT2D eigenvalue weighted by Crippen LogP contribution is -2.30. The Labute approximate surface area is 246 Å². The molecule has 2 amide bonds. The summed E-state index contributed by atoms with van der Waals surface area (Å²) in [6.07, 6.45) is 1.44. The summed E-state index contributed by atoms with van der Waals surface area (Å²) in [5, 5.41) is 6.13. The number of ether oxygens (including phenoxy) is 1. The molecule has 0 aliphatic heterocycles. The average molecular weight is 592 g/mol. The zero-order valence-corrected chi connectivity index (χ0v) is 23.6. The lowest BCUT2D eigenvalue weighted by Gasteiger charge is -2.13. The Morgan fingerprint density at radius 3 is 2.25 bits per heavy atom. The summed E-state index contributed by atoms with van der Waals surface area (Å²) in [6.45, 7) is 0. The van der Waals surface area contributed by atoms with Gasteiger partial charge in [0.2, 0.25) is 0 Å². The standard InChI is InChI=1S/C31H24Cl2N2O4S/c1-39-29-16-6-5-13-23(29)28(36)19-40-22-12-7-11-21(17-22)34-31(38)27(18-24-25(32)14-8-15-26(24)33)35-30(37)20-9-3-2-4-10-20/h2-18H,19H2,1H3,(H,34,38)(H,35,37)/b27-18-. The highest BCUT2D eigenvalue weighted by molar-refractivity contribution is 8.00. The van der Waals surface area contributed by atoms with Crippen LogP contribution >= 0.6 is 35.0 Å². The fourth-order valence-electron chi connectivity index (χ4n) is 3.70. The molecule has 0 aromatic heterocycles. The van der Waals surface area contributed by atoms with Crippen LogP contribution in [0.1, 0.15) is 26.3 Å². The second kappa shape index (κ2) is 13.8. The number of ketones is 1. The largest absolute Gasteiger partial charge is 0.496 e. The van der Waals surface area contributed by atoms with Crippen molar-refractivity contribution in [2.75, 3.05) is 18.2 Å². The number of anilines is 1. The highest BCUT2D eigenvalue weighted by Gasteiger charge is 2.17. The van der Waals surface area contributed by atoms with Gasteiger partial charge in [0, 0.05) is 31.8 Å². The van der Waals surface area contributed by atoms with E-state index in [2.05, 4.69) is 10.6 Å². The first-order chi connectivity index (χ1) is 19.4. The van der Waals surface area contributed by atoms with Crippen molar-refractivity contribution in [2.45, 2.75) is 4.90 Å². The van der Waals surface area contributed by atoms with E-state index < -0.39 is 11.8 Å². The number of carbonyl (C=O) groups is 3. The third-order valence-corrected chi connectivity index (χ3v) is 7.34. The highest BCUT2D eigenvalue weighted by atomic mass is 35.5. The van der Waals surface area contributed by atoms with Crippen LogP contribution in [0, 0.1) is 0 Å². The van der Waals surface area contributed by atoms with Gasteiger partial charge in [0.1, 0.15) is 11.4 Å². The Morgan fingerprint density at radius 2 is 1.52 bits per heavy atom. The monoisotopic (exact) mass is 590 g/mol. The number of thioether (sulfide) groups is 1. The zero-order valence-electron chi connectivity index (χ0n) is 21.3. The van der Waals surface area contributed by atoms with E-state index in [0.29, 0.717) is 38.2 Å². The summed E-state index contributed by atoms with van der Waals surface area (Å²) in [4.78, 5) is 39.8. The number of hydrogen-bond acceptors (Lipinski definition) is 5. The van der Waals surface area contributed by atoms with Gasteiger partial charge in [0.15, 0.2) is 5.78 Å². The second-order valence-electron chi connectivity index (χ2n) is 8.41. The number of carbonyl (C=O) groups excluding carboxylic acids is 3. The van der Waals surface area contributed by atoms with Crippen molar-refractivity contribution in [3.8, 4) is 5.75 Å². The molecule has 0 fully saturated rings. The first-order valence-corrected chi connectivity index (χ1v) is 13.8. The van der Waals surface area contributed by atoms with Crippen molar-refractivity contribution in [1.29, 1.82) is 0 Å². The van der Waals surface area contributed by atoms with E-state index in [1.54, 1.807) is 91.0 Å². The first kappa shape index (κ1) is 29.0. The fourth-order valence-corrected chi connectivity index (χ4v) is 5.04. The van der Waals surface area contributed by atoms with Crippen LogP contribution < -0.4 is 15.4 Å². The third kappa shape index (κ3) is 7.54. The van der Waals surface area contributed by atoms with E-state index >= 15 is 0 Å².